The van der Waals surface area contributed by atoms with Crippen LogP contribution in [0, 0.1) is 0 Å². The second-order valence-corrected chi connectivity index (χ2v) is 8.51. The predicted octanol–water partition coefficient (Wildman–Crippen LogP) is 4.40. The first kappa shape index (κ1) is 21.6. The number of fused-ring (bicyclic) bond motifs is 4. The molecule has 5 aromatic rings. The third-order valence-electron chi connectivity index (χ3n) is 6.30. The van der Waals surface area contributed by atoms with Gasteiger partial charge in [-0.05, 0) is 45.7 Å². The minimum Gasteiger partial charge on any atom is -0.448 e. The number of carbonyl (C=O) groups excluding carboxylic acids is 2. The van der Waals surface area contributed by atoms with Crippen LogP contribution in [-0.2, 0) is 11.8 Å². The second kappa shape index (κ2) is 8.70. The minimum atomic E-state index is -0.645. The molecular formula is C27H21N5O4. The van der Waals surface area contributed by atoms with Crippen molar-refractivity contribution in [1.29, 1.82) is 0 Å². The summed E-state index contributed by atoms with van der Waals surface area (Å²) in [6.07, 6.45) is 1.00. The Morgan fingerprint density at radius 2 is 1.61 bits per heavy atom. The zero-order valence-electron chi connectivity index (χ0n) is 19.3. The van der Waals surface area contributed by atoms with E-state index in [0.717, 1.165) is 27.1 Å². The molecule has 2 aromatic heterocycles. The Bertz CT molecular complexity index is 1570. The van der Waals surface area contributed by atoms with Gasteiger partial charge < -0.3 is 14.1 Å². The molecule has 1 aliphatic carbocycles. The van der Waals surface area contributed by atoms with Crippen LogP contribution < -0.4 is 10.2 Å². The summed E-state index contributed by atoms with van der Waals surface area (Å²) in [6, 6.07) is 25.0. The van der Waals surface area contributed by atoms with Gasteiger partial charge in [-0.3, -0.25) is 5.32 Å². The van der Waals surface area contributed by atoms with Gasteiger partial charge in [0.15, 0.2) is 0 Å². The zero-order valence-corrected chi connectivity index (χ0v) is 19.3. The van der Waals surface area contributed by atoms with Crippen molar-refractivity contribution < 1.29 is 19.2 Å². The normalized spacial score (nSPS) is 12.2. The van der Waals surface area contributed by atoms with Gasteiger partial charge in [-0.15, -0.1) is 5.10 Å². The topological polar surface area (TPSA) is 100 Å². The molecule has 0 saturated carbocycles. The van der Waals surface area contributed by atoms with Gasteiger partial charge in [-0.2, -0.15) is 0 Å². The average molecular weight is 479 g/mol. The summed E-state index contributed by atoms with van der Waals surface area (Å²) >= 11 is 0. The predicted molar refractivity (Wildman–Crippen MR) is 133 cm³/mol. The van der Waals surface area contributed by atoms with Gasteiger partial charge in [0.25, 0.3) is 0 Å². The summed E-state index contributed by atoms with van der Waals surface area (Å²) < 4.78 is 7.14. The quantitative estimate of drug-likeness (QED) is 0.375. The number of nitrogens with zero attached hydrogens (tertiary/aromatic N) is 4. The first-order chi connectivity index (χ1) is 17.6. The molecule has 1 N–H and O–H groups in total. The number of anilines is 1. The molecule has 2 heterocycles. The third kappa shape index (κ3) is 3.76. The van der Waals surface area contributed by atoms with E-state index in [1.165, 1.54) is 6.07 Å². The second-order valence-electron chi connectivity index (χ2n) is 8.51. The van der Waals surface area contributed by atoms with E-state index >= 15 is 0 Å². The molecule has 1 amide bonds. The molecule has 0 atom stereocenters. The van der Waals surface area contributed by atoms with Gasteiger partial charge in [-0.25, -0.2) is 9.59 Å². The maximum absolute atomic E-state index is 12.7. The SMILES string of the molecule is Cn1cc(NC(=O)OCC2c3ccccc3-c3ccccc32)cc1C(=O)On1nnc2ccccc21. The summed E-state index contributed by atoms with van der Waals surface area (Å²) in [5.74, 6) is -0.685. The van der Waals surface area contributed by atoms with Crippen LogP contribution in [0.1, 0.15) is 27.5 Å². The molecule has 0 unspecified atom stereocenters. The lowest BCUT2D eigenvalue weighted by Crippen LogP contribution is -2.22. The number of aromatic nitrogens is 4. The van der Waals surface area contributed by atoms with Crippen LogP contribution >= 0.6 is 0 Å². The molecule has 6 rings (SSSR count). The molecule has 0 bridgehead atoms. The lowest BCUT2D eigenvalue weighted by molar-refractivity contribution is 0.0397. The molecule has 0 aliphatic heterocycles. The number of ether oxygens (including phenoxy) is 1. The smallest absolute Gasteiger partial charge is 0.411 e. The number of hydrogen-bond acceptors (Lipinski definition) is 6. The Morgan fingerprint density at radius 3 is 2.36 bits per heavy atom. The average Bonchev–Trinajstić information content (AvgIpc) is 3.56. The minimum absolute atomic E-state index is 0.0398. The highest BCUT2D eigenvalue weighted by Gasteiger charge is 2.29. The Hall–Kier alpha value is -4.92. The van der Waals surface area contributed by atoms with Gasteiger partial charge in [0, 0.05) is 19.2 Å². The highest BCUT2D eigenvalue weighted by molar-refractivity contribution is 5.92. The Morgan fingerprint density at radius 1 is 0.944 bits per heavy atom. The molecular weight excluding hydrogens is 458 g/mol. The standard InChI is InChI=1S/C27H21N5O4/c1-31-15-17(14-25(31)26(33)36-32-24-13-7-6-12-23(24)29-30-32)28-27(34)35-16-22-20-10-4-2-8-18(20)19-9-3-5-11-21(19)22/h2-15,22H,16H2,1H3,(H,28,34). The van der Waals surface area contributed by atoms with Crippen molar-refractivity contribution in [2.45, 2.75) is 5.92 Å². The summed E-state index contributed by atoms with van der Waals surface area (Å²) in [5.41, 5.74) is 6.40. The molecule has 0 radical (unpaired) electrons. The molecule has 9 heteroatoms. The fraction of sp³-hybridized carbons (Fsp3) is 0.111. The van der Waals surface area contributed by atoms with E-state index in [1.54, 1.807) is 36.0 Å². The maximum atomic E-state index is 12.7. The van der Waals surface area contributed by atoms with Crippen LogP contribution in [0.3, 0.4) is 0 Å². The van der Waals surface area contributed by atoms with Crippen molar-refractivity contribution >= 4 is 28.8 Å². The molecule has 9 nitrogen and oxygen atoms in total. The molecule has 0 fully saturated rings. The number of nitrogens with one attached hydrogen (secondary N) is 1. The zero-order chi connectivity index (χ0) is 24.6. The van der Waals surface area contributed by atoms with Crippen molar-refractivity contribution in [2.24, 2.45) is 7.05 Å². The summed E-state index contributed by atoms with van der Waals surface area (Å²) in [4.78, 5) is 31.8. The largest absolute Gasteiger partial charge is 0.448 e. The summed E-state index contributed by atoms with van der Waals surface area (Å²) in [5, 5.41) is 10.5. The van der Waals surface area contributed by atoms with E-state index in [9.17, 15) is 9.59 Å². The van der Waals surface area contributed by atoms with Crippen molar-refractivity contribution in [3.05, 3.63) is 102 Å². The highest BCUT2D eigenvalue weighted by atomic mass is 16.7. The van der Waals surface area contributed by atoms with Crippen LogP contribution in [0.15, 0.2) is 85.1 Å². The Balaban J connectivity index is 1.13. The van der Waals surface area contributed by atoms with Crippen molar-refractivity contribution in [2.75, 3.05) is 11.9 Å². The molecule has 36 heavy (non-hydrogen) atoms. The van der Waals surface area contributed by atoms with Crippen LogP contribution in [0.5, 0.6) is 0 Å². The fourth-order valence-electron chi connectivity index (χ4n) is 4.63. The van der Waals surface area contributed by atoms with E-state index < -0.39 is 12.1 Å². The van der Waals surface area contributed by atoms with Crippen LogP contribution in [-0.4, -0.2) is 38.4 Å². The number of benzene rings is 3. The van der Waals surface area contributed by atoms with Crippen LogP contribution in [0.2, 0.25) is 0 Å². The fourth-order valence-corrected chi connectivity index (χ4v) is 4.63. The first-order valence-corrected chi connectivity index (χ1v) is 11.4. The van der Waals surface area contributed by atoms with Crippen LogP contribution in [0.4, 0.5) is 10.5 Å². The molecule has 1 aliphatic rings. The van der Waals surface area contributed by atoms with Gasteiger partial charge in [0.2, 0.25) is 0 Å². The van der Waals surface area contributed by atoms with E-state index in [-0.39, 0.29) is 18.2 Å². The van der Waals surface area contributed by atoms with Gasteiger partial charge in [0.05, 0.1) is 5.69 Å². The highest BCUT2D eigenvalue weighted by Crippen LogP contribution is 2.44. The number of rotatable bonds is 5. The van der Waals surface area contributed by atoms with E-state index in [1.807, 2.05) is 30.3 Å². The number of aryl methyl sites for hydroxylation is 1. The summed E-state index contributed by atoms with van der Waals surface area (Å²) in [7, 11) is 1.68. The van der Waals surface area contributed by atoms with Crippen LogP contribution in [0.25, 0.3) is 22.2 Å². The summed E-state index contributed by atoms with van der Waals surface area (Å²) in [6.45, 7) is 0.195. The van der Waals surface area contributed by atoms with Crippen molar-refractivity contribution in [1.82, 2.24) is 19.7 Å². The number of para-hydroxylation sites is 1. The maximum Gasteiger partial charge on any atom is 0.411 e. The molecule has 3 aromatic carbocycles. The lowest BCUT2D eigenvalue weighted by Gasteiger charge is -2.14. The first-order valence-electron chi connectivity index (χ1n) is 11.4. The van der Waals surface area contributed by atoms with Crippen molar-refractivity contribution in [3.63, 3.8) is 0 Å². The van der Waals surface area contributed by atoms with E-state index in [4.69, 9.17) is 9.57 Å². The lowest BCUT2D eigenvalue weighted by atomic mass is 9.98. The van der Waals surface area contributed by atoms with Gasteiger partial charge in [-0.1, -0.05) is 65.5 Å². The number of amides is 1. The molecule has 0 spiro atoms. The number of hydrogen-bond donors (Lipinski definition) is 1. The monoisotopic (exact) mass is 479 g/mol. The van der Waals surface area contributed by atoms with Gasteiger partial charge in [0.1, 0.15) is 23.3 Å². The molecule has 0 saturated heterocycles. The Labute approximate surface area is 205 Å². The third-order valence-corrected chi connectivity index (χ3v) is 6.30. The molecule has 178 valence electrons. The van der Waals surface area contributed by atoms with Crippen molar-refractivity contribution in [3.8, 4) is 11.1 Å². The Kier molecular flexibility index (Phi) is 5.22. The van der Waals surface area contributed by atoms with Gasteiger partial charge >= 0.3 is 12.1 Å². The van der Waals surface area contributed by atoms with E-state index in [2.05, 4.69) is 39.9 Å². The number of carbonyl (C=O) groups is 2. The van der Waals surface area contributed by atoms with E-state index in [0.29, 0.717) is 16.7 Å².